The quantitative estimate of drug-likeness (QED) is 0.930. The second-order valence-corrected chi connectivity index (χ2v) is 5.35. The Hall–Kier alpha value is -1.56. The lowest BCUT2D eigenvalue weighted by atomic mass is 10.2. The summed E-state index contributed by atoms with van der Waals surface area (Å²) in [6.45, 7) is 6.91. The van der Waals surface area contributed by atoms with Gasteiger partial charge in [0.1, 0.15) is 0 Å². The molecule has 1 N–H and O–H groups in total. The molecule has 108 valence electrons. The summed E-state index contributed by atoms with van der Waals surface area (Å²) in [5.41, 5.74) is 2.39. The maximum Gasteiger partial charge on any atom is 0.329 e. The van der Waals surface area contributed by atoms with Gasteiger partial charge < -0.3 is 5.32 Å². The van der Waals surface area contributed by atoms with Crippen LogP contribution in [0, 0.1) is 0 Å². The minimum absolute atomic E-state index is 0.0177. The molecule has 2 aromatic rings. The number of nitrogens with zero attached hydrogens (tertiary/aromatic N) is 2. The summed E-state index contributed by atoms with van der Waals surface area (Å²) < 4.78 is 4.23. The molecule has 2 rings (SSSR count). The molecule has 1 heterocycles. The van der Waals surface area contributed by atoms with Gasteiger partial charge in [0.25, 0.3) is 0 Å². The van der Waals surface area contributed by atoms with E-state index in [0.717, 1.165) is 15.5 Å². The van der Waals surface area contributed by atoms with Gasteiger partial charge in [-0.3, -0.25) is 13.9 Å². The third-order valence-electron chi connectivity index (χ3n) is 3.34. The van der Waals surface area contributed by atoms with Crippen LogP contribution in [0.2, 0.25) is 0 Å². The Kier molecular flexibility index (Phi) is 4.32. The number of carbonyl (C=O) groups excluding carboxylic acids is 1. The van der Waals surface area contributed by atoms with E-state index in [1.165, 1.54) is 0 Å². The molecule has 0 aliphatic carbocycles. The first-order valence-corrected chi connectivity index (χ1v) is 7.55. The molecular formula is C14H18BrN3O2. The Morgan fingerprint density at radius 2 is 1.70 bits per heavy atom. The smallest absolute Gasteiger partial charge is 0.325 e. The minimum atomic E-state index is -0.0506. The fraction of sp³-hybridized carbons (Fsp3) is 0.429. The Morgan fingerprint density at radius 3 is 2.20 bits per heavy atom. The molecule has 20 heavy (non-hydrogen) atoms. The lowest BCUT2D eigenvalue weighted by Gasteiger charge is -2.08. The topological polar surface area (TPSA) is 56.0 Å². The lowest BCUT2D eigenvalue weighted by molar-refractivity contribution is -0.115. The zero-order chi connectivity index (χ0) is 14.9. The predicted molar refractivity (Wildman–Crippen MR) is 84.2 cm³/mol. The van der Waals surface area contributed by atoms with Crippen LogP contribution in [-0.4, -0.2) is 15.0 Å². The first-order chi connectivity index (χ1) is 9.53. The number of fused-ring (bicyclic) bond motifs is 1. The summed E-state index contributed by atoms with van der Waals surface area (Å²) >= 11 is 3.45. The number of amides is 1. The van der Waals surface area contributed by atoms with E-state index in [4.69, 9.17) is 0 Å². The van der Waals surface area contributed by atoms with E-state index < -0.39 is 0 Å². The molecule has 0 fully saturated rings. The normalized spacial score (nSPS) is 11.0. The van der Waals surface area contributed by atoms with Gasteiger partial charge in [-0.05, 0) is 41.9 Å². The highest BCUT2D eigenvalue weighted by Gasteiger charge is 2.14. The lowest BCUT2D eigenvalue weighted by Crippen LogP contribution is -2.23. The van der Waals surface area contributed by atoms with Crippen molar-refractivity contribution in [2.45, 2.75) is 40.3 Å². The van der Waals surface area contributed by atoms with Gasteiger partial charge in [-0.25, -0.2) is 4.79 Å². The molecule has 0 aliphatic heterocycles. The summed E-state index contributed by atoms with van der Waals surface area (Å²) in [6.07, 6.45) is 0.418. The number of imidazole rings is 1. The van der Waals surface area contributed by atoms with Gasteiger partial charge >= 0.3 is 5.69 Å². The van der Waals surface area contributed by atoms with E-state index in [9.17, 15) is 9.59 Å². The molecule has 5 nitrogen and oxygen atoms in total. The average Bonchev–Trinajstić information content (AvgIpc) is 2.69. The predicted octanol–water partition coefficient (Wildman–Crippen LogP) is 2.95. The number of hydrogen-bond donors (Lipinski definition) is 1. The molecular weight excluding hydrogens is 322 g/mol. The van der Waals surface area contributed by atoms with Gasteiger partial charge in [-0.2, -0.15) is 0 Å². The SMILES string of the molecule is CCC(=O)Nc1cc2c(cc1Br)n(CC)c(=O)n2CC. The largest absolute Gasteiger partial charge is 0.329 e. The van der Waals surface area contributed by atoms with Crippen molar-refractivity contribution >= 4 is 38.6 Å². The average molecular weight is 340 g/mol. The molecule has 0 unspecified atom stereocenters. The van der Waals surface area contributed by atoms with Crippen LogP contribution >= 0.6 is 15.9 Å². The fourth-order valence-corrected chi connectivity index (χ4v) is 2.71. The highest BCUT2D eigenvalue weighted by molar-refractivity contribution is 9.10. The number of benzene rings is 1. The van der Waals surface area contributed by atoms with Crippen LogP contribution < -0.4 is 11.0 Å². The Morgan fingerprint density at radius 1 is 1.15 bits per heavy atom. The molecule has 0 saturated heterocycles. The molecule has 0 bridgehead atoms. The van der Waals surface area contributed by atoms with E-state index in [2.05, 4.69) is 21.2 Å². The highest BCUT2D eigenvalue weighted by Crippen LogP contribution is 2.28. The maximum atomic E-state index is 12.3. The van der Waals surface area contributed by atoms with E-state index in [-0.39, 0.29) is 11.6 Å². The van der Waals surface area contributed by atoms with Gasteiger partial charge in [0.15, 0.2) is 0 Å². The van der Waals surface area contributed by atoms with Gasteiger partial charge in [0, 0.05) is 24.0 Å². The van der Waals surface area contributed by atoms with E-state index >= 15 is 0 Å². The third kappa shape index (κ3) is 2.40. The van der Waals surface area contributed by atoms with Crippen LogP contribution in [0.15, 0.2) is 21.4 Å². The van der Waals surface area contributed by atoms with Crippen molar-refractivity contribution in [2.75, 3.05) is 5.32 Å². The summed E-state index contributed by atoms with van der Waals surface area (Å²) in [7, 11) is 0. The van der Waals surface area contributed by atoms with Crippen molar-refractivity contribution in [2.24, 2.45) is 0 Å². The number of halogens is 1. The summed E-state index contributed by atoms with van der Waals surface area (Å²) in [6, 6.07) is 3.74. The third-order valence-corrected chi connectivity index (χ3v) is 3.99. The monoisotopic (exact) mass is 339 g/mol. The number of rotatable bonds is 4. The van der Waals surface area contributed by atoms with Crippen molar-refractivity contribution in [3.8, 4) is 0 Å². The number of anilines is 1. The van der Waals surface area contributed by atoms with Crippen molar-refractivity contribution in [1.29, 1.82) is 0 Å². The van der Waals surface area contributed by atoms with E-state index in [1.54, 1.807) is 16.1 Å². The second kappa shape index (κ2) is 5.83. The van der Waals surface area contributed by atoms with Gasteiger partial charge in [0.2, 0.25) is 5.91 Å². The van der Waals surface area contributed by atoms with E-state index in [0.29, 0.717) is 25.2 Å². The number of carbonyl (C=O) groups is 1. The van der Waals surface area contributed by atoms with E-state index in [1.807, 2.05) is 26.0 Å². The van der Waals surface area contributed by atoms with Crippen LogP contribution in [-0.2, 0) is 17.9 Å². The molecule has 0 spiro atoms. The van der Waals surface area contributed by atoms with Crippen LogP contribution in [0.4, 0.5) is 5.69 Å². The molecule has 1 amide bonds. The number of hydrogen-bond acceptors (Lipinski definition) is 2. The first kappa shape index (κ1) is 14.8. The van der Waals surface area contributed by atoms with Crippen LogP contribution in [0.3, 0.4) is 0 Å². The molecule has 0 radical (unpaired) electrons. The number of aromatic nitrogens is 2. The minimum Gasteiger partial charge on any atom is -0.325 e. The fourth-order valence-electron chi connectivity index (χ4n) is 2.28. The van der Waals surface area contributed by atoms with Crippen molar-refractivity contribution in [1.82, 2.24) is 9.13 Å². The molecule has 1 aromatic carbocycles. The standard InChI is InChI=1S/C14H18BrN3O2/c1-4-13(19)16-10-8-12-11(7-9(10)15)17(5-2)14(20)18(12)6-3/h7-8H,4-6H2,1-3H3,(H,16,19). The first-order valence-electron chi connectivity index (χ1n) is 6.75. The molecule has 0 saturated carbocycles. The molecule has 0 aliphatic rings. The van der Waals surface area contributed by atoms with Crippen molar-refractivity contribution < 1.29 is 4.79 Å². The zero-order valence-corrected chi connectivity index (χ0v) is 13.5. The summed E-state index contributed by atoms with van der Waals surface area (Å²) in [5, 5.41) is 2.84. The Balaban J connectivity index is 2.69. The highest BCUT2D eigenvalue weighted by atomic mass is 79.9. The van der Waals surface area contributed by atoms with Gasteiger partial charge in [-0.15, -0.1) is 0 Å². The maximum absolute atomic E-state index is 12.3. The zero-order valence-electron chi connectivity index (χ0n) is 11.9. The Labute approximate surface area is 125 Å². The van der Waals surface area contributed by atoms with Gasteiger partial charge in [-0.1, -0.05) is 6.92 Å². The van der Waals surface area contributed by atoms with Crippen LogP contribution in [0.25, 0.3) is 11.0 Å². The Bertz CT molecular complexity index is 715. The molecule has 6 heteroatoms. The number of nitrogens with one attached hydrogen (secondary N) is 1. The van der Waals surface area contributed by atoms with Crippen LogP contribution in [0.1, 0.15) is 27.2 Å². The summed E-state index contributed by atoms with van der Waals surface area (Å²) in [4.78, 5) is 23.8. The van der Waals surface area contributed by atoms with Crippen molar-refractivity contribution in [3.63, 3.8) is 0 Å². The summed E-state index contributed by atoms with van der Waals surface area (Å²) in [5.74, 6) is -0.0506. The second-order valence-electron chi connectivity index (χ2n) is 4.49. The molecule has 1 aromatic heterocycles. The number of aryl methyl sites for hydroxylation is 2. The molecule has 0 atom stereocenters. The van der Waals surface area contributed by atoms with Crippen LogP contribution in [0.5, 0.6) is 0 Å². The van der Waals surface area contributed by atoms with Crippen molar-refractivity contribution in [3.05, 3.63) is 27.1 Å². The van der Waals surface area contributed by atoms with Gasteiger partial charge in [0.05, 0.1) is 16.7 Å².